The first-order valence-corrected chi connectivity index (χ1v) is 8.78. The molecule has 3 heterocycles. The van der Waals surface area contributed by atoms with Crippen LogP contribution < -0.4 is 0 Å². The third-order valence-corrected chi connectivity index (χ3v) is 5.59. The first-order chi connectivity index (χ1) is 12.3. The molecule has 2 saturated heterocycles. The summed E-state index contributed by atoms with van der Waals surface area (Å²) in [6, 6.07) is 1.77. The number of hydrogen-bond donors (Lipinski definition) is 0. The van der Waals surface area contributed by atoms with Crippen molar-refractivity contribution in [3.05, 3.63) is 29.6 Å². The number of fused-ring (bicyclic) bond motifs is 2. The van der Waals surface area contributed by atoms with Gasteiger partial charge in [-0.3, -0.25) is 14.6 Å². The highest BCUT2D eigenvalue weighted by atomic mass is 19.4. The van der Waals surface area contributed by atoms with Crippen LogP contribution in [0.25, 0.3) is 0 Å². The molecule has 2 aliphatic rings. The van der Waals surface area contributed by atoms with Crippen molar-refractivity contribution in [2.24, 2.45) is 5.41 Å². The summed E-state index contributed by atoms with van der Waals surface area (Å²) >= 11 is 0. The minimum absolute atomic E-state index is 0.229. The van der Waals surface area contributed by atoms with E-state index in [-0.39, 0.29) is 18.6 Å². The van der Waals surface area contributed by atoms with Crippen molar-refractivity contribution >= 4 is 11.9 Å². The van der Waals surface area contributed by atoms with E-state index in [4.69, 9.17) is 4.74 Å². The summed E-state index contributed by atoms with van der Waals surface area (Å²) in [5, 5.41) is 0. The molecule has 142 valence electrons. The second-order valence-corrected chi connectivity index (χ2v) is 6.79. The second kappa shape index (κ2) is 6.55. The Morgan fingerprint density at radius 1 is 1.35 bits per heavy atom. The number of aromatic nitrogens is 1. The van der Waals surface area contributed by atoms with Crippen LogP contribution in [0.1, 0.15) is 55.6 Å². The van der Waals surface area contributed by atoms with Gasteiger partial charge in [0.25, 0.3) is 5.91 Å². The summed E-state index contributed by atoms with van der Waals surface area (Å²) < 4.78 is 45.0. The first kappa shape index (κ1) is 18.7. The van der Waals surface area contributed by atoms with Crippen molar-refractivity contribution in [1.82, 2.24) is 9.88 Å². The molecule has 0 aromatic carbocycles. The average Bonchev–Trinajstić information content (AvgIpc) is 3.17. The van der Waals surface area contributed by atoms with E-state index in [1.807, 2.05) is 6.92 Å². The van der Waals surface area contributed by atoms with Crippen LogP contribution in [0.4, 0.5) is 13.2 Å². The number of halogens is 3. The molecule has 2 aliphatic heterocycles. The van der Waals surface area contributed by atoms with Crippen molar-refractivity contribution in [2.75, 3.05) is 6.61 Å². The largest absolute Gasteiger partial charge is 0.466 e. The summed E-state index contributed by atoms with van der Waals surface area (Å²) in [6.45, 7) is 3.79. The predicted octanol–water partition coefficient (Wildman–Crippen LogP) is 3.44. The zero-order valence-electron chi connectivity index (χ0n) is 14.7. The molecule has 0 N–H and O–H groups in total. The minimum atomic E-state index is -4.71. The summed E-state index contributed by atoms with van der Waals surface area (Å²) in [6.07, 6.45) is -1.51. The maximum atomic E-state index is 13.2. The number of pyridine rings is 1. The molecule has 1 aromatic rings. The lowest BCUT2D eigenvalue weighted by Gasteiger charge is -2.34. The normalized spacial score (nSPS) is 27.7. The van der Waals surface area contributed by atoms with Crippen LogP contribution in [-0.4, -0.2) is 40.5 Å². The molecule has 8 heteroatoms. The van der Waals surface area contributed by atoms with Gasteiger partial charge in [0.1, 0.15) is 0 Å². The van der Waals surface area contributed by atoms with Gasteiger partial charge in [0.15, 0.2) is 5.69 Å². The maximum absolute atomic E-state index is 13.2. The zero-order valence-corrected chi connectivity index (χ0v) is 14.7. The Kier molecular flexibility index (Phi) is 4.71. The number of carbonyl (C=O) groups excluding carboxylic acids is 2. The van der Waals surface area contributed by atoms with Gasteiger partial charge in [-0.2, -0.15) is 13.2 Å². The lowest BCUT2D eigenvalue weighted by Crippen LogP contribution is -2.46. The van der Waals surface area contributed by atoms with E-state index in [2.05, 4.69) is 4.98 Å². The Balaban J connectivity index is 1.97. The van der Waals surface area contributed by atoms with E-state index in [0.717, 1.165) is 12.3 Å². The van der Waals surface area contributed by atoms with Crippen molar-refractivity contribution in [3.8, 4) is 0 Å². The van der Waals surface area contributed by atoms with Gasteiger partial charge in [-0.25, -0.2) is 0 Å². The fourth-order valence-electron chi connectivity index (χ4n) is 4.45. The molecular weight excluding hydrogens is 349 g/mol. The number of nitrogens with zero attached hydrogens (tertiary/aromatic N) is 2. The SMILES string of the molecule is CCOC(=O)[C@@]1(CC)C[C@H]2CC[C@@H]1N2C(=O)c1cccnc1C(F)(F)F. The number of carbonyl (C=O) groups is 2. The molecule has 2 bridgehead atoms. The highest BCUT2D eigenvalue weighted by Gasteiger charge is 2.61. The van der Waals surface area contributed by atoms with Crippen molar-refractivity contribution in [1.29, 1.82) is 0 Å². The standard InChI is InChI=1S/C18H21F3N2O3/c1-3-17(16(25)26-4-2)10-11-7-8-13(17)23(11)15(24)12-6-5-9-22-14(12)18(19,20)21/h5-6,9,11,13H,3-4,7-8,10H2,1-2H3/t11-,13+,17+/m1/s1. The van der Waals surface area contributed by atoms with Crippen molar-refractivity contribution in [3.63, 3.8) is 0 Å². The molecule has 0 saturated carbocycles. The second-order valence-electron chi connectivity index (χ2n) is 6.79. The lowest BCUT2D eigenvalue weighted by molar-refractivity contribution is -0.157. The molecule has 0 spiro atoms. The maximum Gasteiger partial charge on any atom is 0.434 e. The third kappa shape index (κ3) is 2.75. The molecular formula is C18H21F3N2O3. The summed E-state index contributed by atoms with van der Waals surface area (Å²) in [7, 11) is 0. The minimum Gasteiger partial charge on any atom is -0.466 e. The molecule has 0 aliphatic carbocycles. The summed E-state index contributed by atoms with van der Waals surface area (Å²) in [5.74, 6) is -1.08. The first-order valence-electron chi connectivity index (χ1n) is 8.78. The Hall–Kier alpha value is -2.12. The monoisotopic (exact) mass is 370 g/mol. The Labute approximate surface area is 149 Å². The Morgan fingerprint density at radius 3 is 2.69 bits per heavy atom. The Bertz CT molecular complexity index is 722. The van der Waals surface area contributed by atoms with Crippen LogP contribution >= 0.6 is 0 Å². The number of hydrogen-bond acceptors (Lipinski definition) is 4. The summed E-state index contributed by atoms with van der Waals surface area (Å²) in [4.78, 5) is 30.4. The fourth-order valence-corrected chi connectivity index (χ4v) is 4.45. The quantitative estimate of drug-likeness (QED) is 0.762. The van der Waals surface area contributed by atoms with Crippen LogP contribution in [0.5, 0.6) is 0 Å². The highest BCUT2D eigenvalue weighted by molar-refractivity contribution is 5.97. The van der Waals surface area contributed by atoms with E-state index < -0.39 is 34.8 Å². The molecule has 26 heavy (non-hydrogen) atoms. The molecule has 3 atom stereocenters. The average molecular weight is 370 g/mol. The number of esters is 1. The van der Waals surface area contributed by atoms with Crippen molar-refractivity contribution in [2.45, 2.75) is 57.8 Å². The van der Waals surface area contributed by atoms with Crippen LogP contribution in [0.2, 0.25) is 0 Å². The molecule has 5 nitrogen and oxygen atoms in total. The number of amides is 1. The molecule has 2 fully saturated rings. The zero-order chi connectivity index (χ0) is 19.1. The van der Waals surface area contributed by atoms with E-state index in [1.165, 1.54) is 11.0 Å². The highest BCUT2D eigenvalue weighted by Crippen LogP contribution is 2.53. The molecule has 3 rings (SSSR count). The topological polar surface area (TPSA) is 59.5 Å². The number of rotatable bonds is 4. The lowest BCUT2D eigenvalue weighted by atomic mass is 9.72. The van der Waals surface area contributed by atoms with Gasteiger partial charge in [-0.1, -0.05) is 6.92 Å². The number of alkyl halides is 3. The smallest absolute Gasteiger partial charge is 0.434 e. The molecule has 0 unspecified atom stereocenters. The molecule has 1 amide bonds. The van der Waals surface area contributed by atoms with Gasteiger partial charge in [0.05, 0.1) is 17.6 Å². The summed E-state index contributed by atoms with van der Waals surface area (Å²) in [5.41, 5.74) is -2.49. The van der Waals surface area contributed by atoms with Gasteiger partial charge in [0, 0.05) is 18.3 Å². The fraction of sp³-hybridized carbons (Fsp3) is 0.611. The van der Waals surface area contributed by atoms with Gasteiger partial charge in [0.2, 0.25) is 0 Å². The molecule has 1 aromatic heterocycles. The van der Waals surface area contributed by atoms with Gasteiger partial charge < -0.3 is 9.64 Å². The van der Waals surface area contributed by atoms with Crippen molar-refractivity contribution < 1.29 is 27.5 Å². The van der Waals surface area contributed by atoms with Gasteiger partial charge in [-0.05, 0) is 44.7 Å². The van der Waals surface area contributed by atoms with E-state index >= 15 is 0 Å². The van der Waals surface area contributed by atoms with Crippen LogP contribution in [0, 0.1) is 5.41 Å². The van der Waals surface area contributed by atoms with Crippen LogP contribution in [0.3, 0.4) is 0 Å². The predicted molar refractivity (Wildman–Crippen MR) is 86.2 cm³/mol. The van der Waals surface area contributed by atoms with Crippen LogP contribution in [-0.2, 0) is 15.7 Å². The van der Waals surface area contributed by atoms with E-state index in [0.29, 0.717) is 25.7 Å². The third-order valence-electron chi connectivity index (χ3n) is 5.59. The molecule has 0 radical (unpaired) electrons. The van der Waals surface area contributed by atoms with Gasteiger partial charge >= 0.3 is 12.1 Å². The van der Waals surface area contributed by atoms with Crippen LogP contribution in [0.15, 0.2) is 18.3 Å². The van der Waals surface area contributed by atoms with E-state index in [1.54, 1.807) is 6.92 Å². The van der Waals surface area contributed by atoms with E-state index in [9.17, 15) is 22.8 Å². The Morgan fingerprint density at radius 2 is 2.08 bits per heavy atom. The van der Waals surface area contributed by atoms with Gasteiger partial charge in [-0.15, -0.1) is 0 Å². The number of ether oxygens (including phenoxy) is 1.